The van der Waals surface area contributed by atoms with Gasteiger partial charge in [-0.2, -0.15) is 5.10 Å². The lowest BCUT2D eigenvalue weighted by atomic mass is 10.0. The number of carbonyl (C=O) groups excluding carboxylic acids is 2. The molecule has 0 fully saturated rings. The fourth-order valence-corrected chi connectivity index (χ4v) is 1.84. The molecular weight excluding hydrogens is 320 g/mol. The Kier molecular flexibility index (Phi) is 9.28. The van der Waals surface area contributed by atoms with Crippen LogP contribution in [0.4, 0.5) is 0 Å². The van der Waals surface area contributed by atoms with Crippen molar-refractivity contribution in [2.45, 2.75) is 33.1 Å². The molecule has 0 spiro atoms. The molecule has 0 bridgehead atoms. The average Bonchev–Trinajstić information content (AvgIpc) is 3.32. The molecule has 0 saturated heterocycles. The van der Waals surface area contributed by atoms with E-state index in [4.69, 9.17) is 10.2 Å². The molecule has 1 aliphatic heterocycles. The van der Waals surface area contributed by atoms with Gasteiger partial charge < -0.3 is 10.2 Å². The average molecular weight is 344 g/mol. The van der Waals surface area contributed by atoms with Gasteiger partial charge in [-0.3, -0.25) is 14.7 Å². The number of hydrogen-bond acceptors (Lipinski definition) is 4. The molecule has 0 aliphatic carbocycles. The quantitative estimate of drug-likeness (QED) is 0.830. The fourth-order valence-electron chi connectivity index (χ4n) is 1.84. The Bertz CT molecular complexity index is 654. The molecule has 0 radical (unpaired) electrons. The van der Waals surface area contributed by atoms with E-state index in [-0.39, 0.29) is 0 Å². The number of hydrogen-bond donors (Lipinski definition) is 2. The number of amides is 2. The van der Waals surface area contributed by atoms with Crippen LogP contribution in [0.3, 0.4) is 0 Å². The lowest BCUT2D eigenvalue weighted by molar-refractivity contribution is -0.129. The highest BCUT2D eigenvalue weighted by Gasteiger charge is 2.25. The Morgan fingerprint density at radius 1 is 1.32 bits per heavy atom. The van der Waals surface area contributed by atoms with Gasteiger partial charge in [0.2, 0.25) is 5.91 Å². The summed E-state index contributed by atoms with van der Waals surface area (Å²) in [6.45, 7) is 4.42. The summed E-state index contributed by atoms with van der Waals surface area (Å²) in [6.07, 6.45) is 12.0. The molecule has 25 heavy (non-hydrogen) atoms. The van der Waals surface area contributed by atoms with Crippen molar-refractivity contribution in [1.82, 2.24) is 10.2 Å². The van der Waals surface area contributed by atoms with Gasteiger partial charge >= 0.3 is 0 Å². The SMILES string of the molecule is CCCCC.NC(=O)C1C=CC(c2ccco2)=NC1=O.c1cn[nH]c1. The highest BCUT2D eigenvalue weighted by Crippen LogP contribution is 2.13. The highest BCUT2D eigenvalue weighted by atomic mass is 16.3. The number of unbranched alkanes of at least 4 members (excludes halogenated alkanes) is 2. The molecular formula is C18H24N4O3. The van der Waals surface area contributed by atoms with Crippen molar-refractivity contribution < 1.29 is 14.0 Å². The molecule has 134 valence electrons. The minimum Gasteiger partial charge on any atom is -0.463 e. The predicted molar refractivity (Wildman–Crippen MR) is 95.9 cm³/mol. The van der Waals surface area contributed by atoms with Gasteiger partial charge in [-0.05, 0) is 24.3 Å². The van der Waals surface area contributed by atoms with E-state index in [2.05, 4.69) is 29.0 Å². The Morgan fingerprint density at radius 2 is 2.08 bits per heavy atom. The van der Waals surface area contributed by atoms with Crippen LogP contribution in [0.25, 0.3) is 0 Å². The molecule has 2 aromatic rings. The van der Waals surface area contributed by atoms with E-state index in [9.17, 15) is 9.59 Å². The summed E-state index contributed by atoms with van der Waals surface area (Å²) in [7, 11) is 0. The Hall–Kier alpha value is -2.96. The third kappa shape index (κ3) is 7.43. The normalized spacial score (nSPS) is 15.4. The third-order valence-electron chi connectivity index (χ3n) is 3.14. The van der Waals surface area contributed by atoms with Gasteiger partial charge in [0.25, 0.3) is 5.91 Å². The maximum Gasteiger partial charge on any atom is 0.262 e. The first-order valence-corrected chi connectivity index (χ1v) is 8.17. The first kappa shape index (κ1) is 20.1. The van der Waals surface area contributed by atoms with Crippen LogP contribution in [0.15, 0.2) is 58.4 Å². The number of allylic oxidation sites excluding steroid dienone is 1. The number of furan rings is 1. The highest BCUT2D eigenvalue weighted by molar-refractivity contribution is 6.17. The van der Waals surface area contributed by atoms with Crippen LogP contribution in [0.1, 0.15) is 38.9 Å². The minimum absolute atomic E-state index is 0.405. The topological polar surface area (TPSA) is 114 Å². The maximum absolute atomic E-state index is 11.4. The summed E-state index contributed by atoms with van der Waals surface area (Å²) in [5.41, 5.74) is 5.42. The molecule has 0 aromatic carbocycles. The van der Waals surface area contributed by atoms with E-state index >= 15 is 0 Å². The van der Waals surface area contributed by atoms with E-state index in [1.54, 1.807) is 30.6 Å². The van der Waals surface area contributed by atoms with Gasteiger partial charge in [-0.15, -0.1) is 0 Å². The van der Waals surface area contributed by atoms with Crippen LogP contribution in [0.2, 0.25) is 0 Å². The second-order valence-electron chi connectivity index (χ2n) is 5.17. The number of H-pyrrole nitrogens is 1. The Labute approximate surface area is 147 Å². The summed E-state index contributed by atoms with van der Waals surface area (Å²) < 4.78 is 5.07. The molecule has 7 heteroatoms. The van der Waals surface area contributed by atoms with E-state index < -0.39 is 17.7 Å². The molecule has 3 rings (SSSR count). The van der Waals surface area contributed by atoms with Crippen molar-refractivity contribution >= 4 is 17.5 Å². The maximum atomic E-state index is 11.4. The number of carbonyl (C=O) groups is 2. The molecule has 1 unspecified atom stereocenters. The van der Waals surface area contributed by atoms with E-state index in [1.807, 2.05) is 6.07 Å². The molecule has 2 aromatic heterocycles. The second-order valence-corrected chi connectivity index (χ2v) is 5.17. The predicted octanol–water partition coefficient (Wildman–Crippen LogP) is 2.87. The number of aromatic nitrogens is 2. The number of rotatable bonds is 4. The van der Waals surface area contributed by atoms with Crippen molar-refractivity contribution in [2.75, 3.05) is 0 Å². The van der Waals surface area contributed by atoms with E-state index in [0.29, 0.717) is 11.5 Å². The lowest BCUT2D eigenvalue weighted by Crippen LogP contribution is -2.30. The lowest BCUT2D eigenvalue weighted by Gasteiger charge is -2.09. The van der Waals surface area contributed by atoms with Crippen LogP contribution >= 0.6 is 0 Å². The van der Waals surface area contributed by atoms with Crippen LogP contribution in [-0.4, -0.2) is 27.7 Å². The van der Waals surface area contributed by atoms with Gasteiger partial charge in [0.1, 0.15) is 11.6 Å². The number of nitrogens with one attached hydrogen (secondary N) is 1. The van der Waals surface area contributed by atoms with Crippen LogP contribution in [-0.2, 0) is 9.59 Å². The van der Waals surface area contributed by atoms with Crippen molar-refractivity contribution in [1.29, 1.82) is 0 Å². The van der Waals surface area contributed by atoms with Gasteiger partial charge in [0, 0.05) is 12.4 Å². The summed E-state index contributed by atoms with van der Waals surface area (Å²) in [6, 6.07) is 5.21. The van der Waals surface area contributed by atoms with Gasteiger partial charge in [-0.1, -0.05) is 39.2 Å². The van der Waals surface area contributed by atoms with Crippen molar-refractivity contribution in [3.63, 3.8) is 0 Å². The first-order chi connectivity index (χ1) is 12.1. The summed E-state index contributed by atoms with van der Waals surface area (Å²) in [5.74, 6) is -1.72. The van der Waals surface area contributed by atoms with Crippen molar-refractivity contribution in [3.05, 3.63) is 54.8 Å². The Balaban J connectivity index is 0.000000256. The molecule has 3 N–H and O–H groups in total. The van der Waals surface area contributed by atoms with Crippen LogP contribution < -0.4 is 5.73 Å². The number of nitrogens with zero attached hydrogens (tertiary/aromatic N) is 2. The molecule has 7 nitrogen and oxygen atoms in total. The second kappa shape index (κ2) is 11.6. The molecule has 0 saturated carbocycles. The van der Waals surface area contributed by atoms with Gasteiger partial charge in [-0.25, -0.2) is 4.99 Å². The zero-order valence-electron chi connectivity index (χ0n) is 14.5. The Morgan fingerprint density at radius 3 is 2.44 bits per heavy atom. The number of aromatic amines is 1. The third-order valence-corrected chi connectivity index (χ3v) is 3.14. The molecule has 1 atom stereocenters. The number of dihydropyridines is 1. The first-order valence-electron chi connectivity index (χ1n) is 8.17. The number of nitrogens with two attached hydrogens (primary N) is 1. The zero-order chi connectivity index (χ0) is 18.5. The monoisotopic (exact) mass is 344 g/mol. The van der Waals surface area contributed by atoms with Crippen molar-refractivity contribution in [3.8, 4) is 0 Å². The fraction of sp³-hybridized carbons (Fsp3) is 0.333. The summed E-state index contributed by atoms with van der Waals surface area (Å²) in [5, 5.41) is 6.21. The largest absolute Gasteiger partial charge is 0.463 e. The van der Waals surface area contributed by atoms with Crippen LogP contribution in [0.5, 0.6) is 0 Å². The molecule has 3 heterocycles. The summed E-state index contributed by atoms with van der Waals surface area (Å²) >= 11 is 0. The molecule has 1 aliphatic rings. The van der Waals surface area contributed by atoms with E-state index in [0.717, 1.165) is 0 Å². The number of primary amides is 1. The van der Waals surface area contributed by atoms with Crippen LogP contribution in [0, 0.1) is 5.92 Å². The standard InChI is InChI=1S/C10H8N2O3.C5H12.C3H4N2/c11-9(13)6-3-4-7(12-10(6)14)8-2-1-5-15-8;1-3-5-4-2;1-2-4-5-3-1/h1-6H,(H2,11,13);3-5H2,1-2H3;1-3H,(H,4,5). The van der Waals surface area contributed by atoms with Gasteiger partial charge in [0.15, 0.2) is 5.76 Å². The number of aliphatic imine (C=N–C) groups is 1. The zero-order valence-corrected chi connectivity index (χ0v) is 14.5. The summed E-state index contributed by atoms with van der Waals surface area (Å²) in [4.78, 5) is 25.9. The van der Waals surface area contributed by atoms with E-state index in [1.165, 1.54) is 31.6 Å². The van der Waals surface area contributed by atoms with Crippen molar-refractivity contribution in [2.24, 2.45) is 16.6 Å². The minimum atomic E-state index is -0.955. The molecule has 2 amide bonds. The smallest absolute Gasteiger partial charge is 0.262 e. The van der Waals surface area contributed by atoms with Gasteiger partial charge in [0.05, 0.1) is 6.26 Å².